The summed E-state index contributed by atoms with van der Waals surface area (Å²) in [5.41, 5.74) is -0.497. The molecule has 0 amide bonds. The molecule has 0 rings (SSSR count). The molecule has 0 saturated heterocycles. The average molecular weight is 193 g/mol. The molecular formula is C5H13BrMgO. The quantitative estimate of drug-likeness (QED) is 0.504. The van der Waals surface area contributed by atoms with E-state index >= 15 is 0 Å². The van der Waals surface area contributed by atoms with Crippen molar-refractivity contribution in [1.29, 1.82) is 0 Å². The van der Waals surface area contributed by atoms with Crippen LogP contribution in [0.15, 0.2) is 0 Å². The van der Waals surface area contributed by atoms with Crippen LogP contribution in [0.1, 0.15) is 20.3 Å². The molecule has 0 atom stereocenters. The van der Waals surface area contributed by atoms with Crippen LogP contribution >= 0.6 is 15.9 Å². The van der Waals surface area contributed by atoms with Gasteiger partial charge in [-0.1, -0.05) is 15.9 Å². The molecule has 0 heterocycles. The minimum Gasteiger partial charge on any atom is -0.390 e. The Morgan fingerprint density at radius 3 is 1.88 bits per heavy atom. The number of rotatable bonds is 2. The Bertz CT molecular complexity index is 50.9. The zero-order valence-electron chi connectivity index (χ0n) is 4.74. The lowest BCUT2D eigenvalue weighted by Gasteiger charge is -2.13. The molecule has 0 aromatic heterocycles. The molecule has 0 fully saturated rings. The fourth-order valence-electron chi connectivity index (χ4n) is 0.231. The van der Waals surface area contributed by atoms with Gasteiger partial charge in [0.2, 0.25) is 0 Å². The number of hydrogen-bond acceptors (Lipinski definition) is 1. The molecule has 0 spiro atoms. The van der Waals surface area contributed by atoms with Gasteiger partial charge in [0.25, 0.3) is 0 Å². The van der Waals surface area contributed by atoms with Crippen LogP contribution in [-0.4, -0.2) is 39.1 Å². The topological polar surface area (TPSA) is 20.2 Å². The number of aliphatic hydroxyl groups is 1. The summed E-state index contributed by atoms with van der Waals surface area (Å²) >= 11 is 3.23. The van der Waals surface area contributed by atoms with Crippen LogP contribution in [-0.2, 0) is 0 Å². The molecule has 0 aliphatic carbocycles. The molecule has 8 heavy (non-hydrogen) atoms. The third-order valence-corrected chi connectivity index (χ3v) is 1.10. The third kappa shape index (κ3) is 10.2. The SMILES string of the molecule is CC(C)(O)CCBr.[MgH2]. The van der Waals surface area contributed by atoms with Gasteiger partial charge < -0.3 is 5.11 Å². The molecule has 0 aromatic rings. The van der Waals surface area contributed by atoms with E-state index in [1.54, 1.807) is 13.8 Å². The molecular weight excluding hydrogens is 180 g/mol. The molecule has 0 saturated carbocycles. The van der Waals surface area contributed by atoms with Crippen molar-refractivity contribution in [3.8, 4) is 0 Å². The van der Waals surface area contributed by atoms with Crippen LogP contribution in [0, 0.1) is 0 Å². The maximum absolute atomic E-state index is 8.99. The van der Waals surface area contributed by atoms with E-state index in [9.17, 15) is 0 Å². The van der Waals surface area contributed by atoms with E-state index < -0.39 is 5.60 Å². The first-order chi connectivity index (χ1) is 3.06. The molecule has 0 aliphatic heterocycles. The largest absolute Gasteiger partial charge is 0.390 e. The number of hydrogen-bond donors (Lipinski definition) is 1. The second-order valence-corrected chi connectivity index (χ2v) is 3.04. The molecule has 1 nitrogen and oxygen atoms in total. The highest BCUT2D eigenvalue weighted by molar-refractivity contribution is 9.09. The predicted octanol–water partition coefficient (Wildman–Crippen LogP) is 0.626. The highest BCUT2D eigenvalue weighted by Gasteiger charge is 2.09. The lowest BCUT2D eigenvalue weighted by Crippen LogP contribution is -2.18. The molecule has 48 valence electrons. The van der Waals surface area contributed by atoms with E-state index in [4.69, 9.17) is 5.11 Å². The van der Waals surface area contributed by atoms with E-state index in [0.29, 0.717) is 0 Å². The fraction of sp³-hybridized carbons (Fsp3) is 1.00. The van der Waals surface area contributed by atoms with Gasteiger partial charge in [-0.05, 0) is 20.3 Å². The van der Waals surface area contributed by atoms with E-state index in [1.807, 2.05) is 0 Å². The van der Waals surface area contributed by atoms with Crippen molar-refractivity contribution < 1.29 is 5.11 Å². The van der Waals surface area contributed by atoms with Gasteiger partial charge in [-0.2, -0.15) is 0 Å². The van der Waals surface area contributed by atoms with Crippen LogP contribution in [0.4, 0.5) is 0 Å². The first-order valence-electron chi connectivity index (χ1n) is 2.34. The highest BCUT2D eigenvalue weighted by Crippen LogP contribution is 2.07. The third-order valence-electron chi connectivity index (χ3n) is 0.706. The van der Waals surface area contributed by atoms with Crippen LogP contribution in [0.25, 0.3) is 0 Å². The predicted molar refractivity (Wildman–Crippen MR) is 43.3 cm³/mol. The lowest BCUT2D eigenvalue weighted by molar-refractivity contribution is 0.0781. The van der Waals surface area contributed by atoms with Crippen molar-refractivity contribution in [1.82, 2.24) is 0 Å². The van der Waals surface area contributed by atoms with Crippen LogP contribution in [0.2, 0.25) is 0 Å². The first-order valence-corrected chi connectivity index (χ1v) is 3.47. The zero-order valence-corrected chi connectivity index (χ0v) is 6.33. The average Bonchev–Trinajstić information content (AvgIpc) is 1.30. The smallest absolute Gasteiger partial charge is 0.316 e. The minimum absolute atomic E-state index is 0. The van der Waals surface area contributed by atoms with Gasteiger partial charge in [0, 0.05) is 5.33 Å². The number of halogens is 1. The van der Waals surface area contributed by atoms with Gasteiger partial charge >= 0.3 is 23.1 Å². The normalized spacial score (nSPS) is 10.5. The Hall–Kier alpha value is 1.21. The van der Waals surface area contributed by atoms with E-state index in [1.165, 1.54) is 0 Å². The zero-order chi connectivity index (χ0) is 5.91. The van der Waals surface area contributed by atoms with Crippen molar-refractivity contribution in [2.45, 2.75) is 25.9 Å². The van der Waals surface area contributed by atoms with Crippen molar-refractivity contribution >= 4 is 39.0 Å². The summed E-state index contributed by atoms with van der Waals surface area (Å²) in [6.07, 6.45) is 0.812. The van der Waals surface area contributed by atoms with Gasteiger partial charge in [-0.25, -0.2) is 0 Å². The summed E-state index contributed by atoms with van der Waals surface area (Å²) in [5.74, 6) is 0. The number of alkyl halides is 1. The van der Waals surface area contributed by atoms with E-state index in [0.717, 1.165) is 11.8 Å². The van der Waals surface area contributed by atoms with Gasteiger partial charge in [0.1, 0.15) is 0 Å². The van der Waals surface area contributed by atoms with Crippen molar-refractivity contribution in [3.63, 3.8) is 0 Å². The fourth-order valence-corrected chi connectivity index (χ4v) is 1.20. The van der Waals surface area contributed by atoms with Crippen molar-refractivity contribution in [2.75, 3.05) is 5.33 Å². The Morgan fingerprint density at radius 2 is 1.88 bits per heavy atom. The van der Waals surface area contributed by atoms with Gasteiger partial charge in [0.15, 0.2) is 0 Å². The lowest BCUT2D eigenvalue weighted by atomic mass is 10.1. The van der Waals surface area contributed by atoms with Gasteiger partial charge in [-0.15, -0.1) is 0 Å². The standard InChI is InChI=1S/C5H11BrO.Mg.2H/c1-5(2,7)3-4-6;;;/h7H,3-4H2,1-2H3;;;. The Labute approximate surface area is 75.1 Å². The van der Waals surface area contributed by atoms with Gasteiger partial charge in [-0.3, -0.25) is 0 Å². The molecule has 3 heteroatoms. The summed E-state index contributed by atoms with van der Waals surface area (Å²) in [7, 11) is 0. The maximum Gasteiger partial charge on any atom is 0.316 e. The van der Waals surface area contributed by atoms with Crippen molar-refractivity contribution in [3.05, 3.63) is 0 Å². The summed E-state index contributed by atoms with van der Waals surface area (Å²) in [5, 5.41) is 9.86. The second-order valence-electron chi connectivity index (χ2n) is 2.25. The molecule has 1 N–H and O–H groups in total. The van der Waals surface area contributed by atoms with E-state index in [-0.39, 0.29) is 23.1 Å². The molecule has 0 bridgehead atoms. The summed E-state index contributed by atoms with van der Waals surface area (Å²) < 4.78 is 0. The molecule has 0 aliphatic rings. The Kier molecular flexibility index (Phi) is 7.50. The molecule has 0 radical (unpaired) electrons. The maximum atomic E-state index is 8.99. The summed E-state index contributed by atoms with van der Waals surface area (Å²) in [4.78, 5) is 0. The Balaban J connectivity index is 0. The second kappa shape index (κ2) is 5.03. The highest BCUT2D eigenvalue weighted by atomic mass is 79.9. The minimum atomic E-state index is -0.497. The molecule has 0 unspecified atom stereocenters. The summed E-state index contributed by atoms with van der Waals surface area (Å²) in [6.45, 7) is 3.60. The Morgan fingerprint density at radius 1 is 1.50 bits per heavy atom. The first kappa shape index (κ1) is 11.9. The van der Waals surface area contributed by atoms with Crippen molar-refractivity contribution in [2.24, 2.45) is 0 Å². The monoisotopic (exact) mass is 192 g/mol. The van der Waals surface area contributed by atoms with Crippen LogP contribution < -0.4 is 0 Å². The van der Waals surface area contributed by atoms with Crippen LogP contribution in [0.5, 0.6) is 0 Å². The van der Waals surface area contributed by atoms with Crippen LogP contribution in [0.3, 0.4) is 0 Å². The van der Waals surface area contributed by atoms with E-state index in [2.05, 4.69) is 15.9 Å². The van der Waals surface area contributed by atoms with Gasteiger partial charge in [0.05, 0.1) is 5.60 Å². The molecule has 0 aromatic carbocycles. The summed E-state index contributed by atoms with van der Waals surface area (Å²) in [6, 6.07) is 0.